The van der Waals surface area contributed by atoms with Crippen molar-refractivity contribution in [1.29, 1.82) is 0 Å². The molecule has 1 rings (SSSR count). The molecule has 0 aliphatic rings. The van der Waals surface area contributed by atoms with Gasteiger partial charge in [0.1, 0.15) is 0 Å². The Bertz CT molecular complexity index is 456. The zero-order chi connectivity index (χ0) is 15.7. The van der Waals surface area contributed by atoms with Crippen LogP contribution in [0.4, 0.5) is 0 Å². The van der Waals surface area contributed by atoms with Gasteiger partial charge in [-0.15, -0.1) is 0 Å². The molecule has 1 unspecified atom stereocenters. The van der Waals surface area contributed by atoms with Crippen LogP contribution in [0.25, 0.3) is 0 Å². The van der Waals surface area contributed by atoms with E-state index in [2.05, 4.69) is 0 Å². The van der Waals surface area contributed by atoms with E-state index >= 15 is 0 Å². The summed E-state index contributed by atoms with van der Waals surface area (Å²) in [5.74, 6) is -2.78. The fourth-order valence-corrected chi connectivity index (χ4v) is 2.22. The lowest BCUT2D eigenvalue weighted by atomic mass is 10.00. The molecule has 1 aromatic rings. The number of carboxylic acids is 1. The van der Waals surface area contributed by atoms with E-state index in [0.29, 0.717) is 12.8 Å². The van der Waals surface area contributed by atoms with Crippen molar-refractivity contribution in [3.8, 4) is 0 Å². The van der Waals surface area contributed by atoms with Crippen LogP contribution >= 0.6 is 11.6 Å². The molecule has 0 bridgehead atoms. The predicted molar refractivity (Wildman–Crippen MR) is 81.4 cm³/mol. The van der Waals surface area contributed by atoms with E-state index in [1.807, 2.05) is 24.3 Å². The van der Waals surface area contributed by atoms with Gasteiger partial charge in [-0.25, -0.2) is 0 Å². The number of ether oxygens (including phenoxy) is 1. The maximum Gasteiger partial charge on any atom is 0.320 e. The van der Waals surface area contributed by atoms with Gasteiger partial charge in [0.25, 0.3) is 0 Å². The van der Waals surface area contributed by atoms with Gasteiger partial charge in [0, 0.05) is 5.02 Å². The van der Waals surface area contributed by atoms with Crippen LogP contribution in [0.3, 0.4) is 0 Å². The Labute approximate surface area is 130 Å². The smallest absolute Gasteiger partial charge is 0.320 e. The zero-order valence-corrected chi connectivity index (χ0v) is 12.9. The summed E-state index contributed by atoms with van der Waals surface area (Å²) < 4.78 is 4.77. The summed E-state index contributed by atoms with van der Waals surface area (Å²) in [4.78, 5) is 22.5. The zero-order valence-electron chi connectivity index (χ0n) is 12.2. The summed E-state index contributed by atoms with van der Waals surface area (Å²) in [6.07, 6.45) is 3.79. The van der Waals surface area contributed by atoms with Gasteiger partial charge >= 0.3 is 11.9 Å². The van der Waals surface area contributed by atoms with Crippen molar-refractivity contribution in [2.45, 2.75) is 39.0 Å². The van der Waals surface area contributed by atoms with Crippen LogP contribution in [0, 0.1) is 5.92 Å². The first-order valence-electron chi connectivity index (χ1n) is 7.18. The van der Waals surface area contributed by atoms with Crippen molar-refractivity contribution in [3.05, 3.63) is 34.9 Å². The normalized spacial score (nSPS) is 11.9. The number of halogens is 1. The molecule has 1 N–H and O–H groups in total. The molecule has 0 aromatic heterocycles. The van der Waals surface area contributed by atoms with Crippen LogP contribution in [0.5, 0.6) is 0 Å². The molecule has 1 atom stereocenters. The molecule has 0 spiro atoms. The van der Waals surface area contributed by atoms with Crippen LogP contribution < -0.4 is 0 Å². The summed E-state index contributed by atoms with van der Waals surface area (Å²) in [6.45, 7) is 1.88. The van der Waals surface area contributed by atoms with Crippen molar-refractivity contribution >= 4 is 23.5 Å². The second-order valence-electron chi connectivity index (χ2n) is 4.87. The highest BCUT2D eigenvalue weighted by atomic mass is 35.5. The molecule has 0 saturated heterocycles. The Balaban J connectivity index is 2.26. The Morgan fingerprint density at radius 3 is 2.43 bits per heavy atom. The molecule has 0 radical (unpaired) electrons. The van der Waals surface area contributed by atoms with Crippen LogP contribution in [0.2, 0.25) is 5.02 Å². The number of rotatable bonds is 9. The summed E-state index contributed by atoms with van der Waals surface area (Å²) in [7, 11) is 0. The Hall–Kier alpha value is -1.55. The average molecular weight is 313 g/mol. The van der Waals surface area contributed by atoms with Crippen molar-refractivity contribution in [2.75, 3.05) is 6.61 Å². The van der Waals surface area contributed by atoms with E-state index in [9.17, 15) is 9.59 Å². The van der Waals surface area contributed by atoms with E-state index < -0.39 is 17.9 Å². The second kappa shape index (κ2) is 9.40. The summed E-state index contributed by atoms with van der Waals surface area (Å²) >= 11 is 5.82. The first kappa shape index (κ1) is 17.5. The molecule has 5 heteroatoms. The van der Waals surface area contributed by atoms with E-state index in [-0.39, 0.29) is 6.61 Å². The maximum atomic E-state index is 11.5. The molecular weight excluding hydrogens is 292 g/mol. The number of aliphatic carboxylic acids is 1. The van der Waals surface area contributed by atoms with Gasteiger partial charge in [0.05, 0.1) is 6.61 Å². The number of unbranched alkanes of at least 4 members (excludes halogenated alkanes) is 2. The number of hydrogen-bond donors (Lipinski definition) is 1. The molecule has 0 saturated carbocycles. The van der Waals surface area contributed by atoms with Gasteiger partial charge in [0.2, 0.25) is 0 Å². The first-order valence-corrected chi connectivity index (χ1v) is 7.56. The van der Waals surface area contributed by atoms with Crippen LogP contribution in [0.1, 0.15) is 38.2 Å². The number of esters is 1. The highest BCUT2D eigenvalue weighted by molar-refractivity contribution is 6.30. The minimum Gasteiger partial charge on any atom is -0.481 e. The summed E-state index contributed by atoms with van der Waals surface area (Å²) in [5.41, 5.74) is 1.21. The molecule has 0 fully saturated rings. The maximum absolute atomic E-state index is 11.5. The van der Waals surface area contributed by atoms with E-state index in [1.165, 1.54) is 5.56 Å². The highest BCUT2D eigenvalue weighted by Gasteiger charge is 2.26. The van der Waals surface area contributed by atoms with Crippen LogP contribution in [-0.4, -0.2) is 23.7 Å². The molecule has 21 heavy (non-hydrogen) atoms. The average Bonchev–Trinajstić information content (AvgIpc) is 2.44. The Morgan fingerprint density at radius 1 is 1.19 bits per heavy atom. The third kappa shape index (κ3) is 6.63. The highest BCUT2D eigenvalue weighted by Crippen LogP contribution is 2.15. The predicted octanol–water partition coefficient (Wildman–Crippen LogP) is 3.71. The monoisotopic (exact) mass is 312 g/mol. The third-order valence-electron chi connectivity index (χ3n) is 3.24. The van der Waals surface area contributed by atoms with E-state index in [1.54, 1.807) is 6.92 Å². The van der Waals surface area contributed by atoms with Crippen molar-refractivity contribution in [2.24, 2.45) is 5.92 Å². The Kier molecular flexibility index (Phi) is 7.83. The third-order valence-corrected chi connectivity index (χ3v) is 3.49. The number of aryl methyl sites for hydroxylation is 1. The van der Waals surface area contributed by atoms with E-state index in [0.717, 1.165) is 24.3 Å². The molecule has 0 aliphatic heterocycles. The van der Waals surface area contributed by atoms with Gasteiger partial charge < -0.3 is 9.84 Å². The molecule has 0 aliphatic carbocycles. The van der Waals surface area contributed by atoms with Crippen molar-refractivity contribution in [3.63, 3.8) is 0 Å². The second-order valence-corrected chi connectivity index (χ2v) is 5.31. The lowest BCUT2D eigenvalue weighted by Gasteiger charge is -2.10. The number of carboxylic acid groups (broad SMARTS) is 1. The summed E-state index contributed by atoms with van der Waals surface area (Å²) in [5, 5.41) is 9.74. The van der Waals surface area contributed by atoms with Crippen molar-refractivity contribution in [1.82, 2.24) is 0 Å². The standard InChI is InChI=1S/C16H21ClO4/c1-2-21-16(20)14(15(18)19)7-5-3-4-6-12-8-10-13(17)11-9-12/h8-11,14H,2-7H2,1H3,(H,18,19). The summed E-state index contributed by atoms with van der Waals surface area (Å²) in [6, 6.07) is 7.69. The lowest BCUT2D eigenvalue weighted by molar-refractivity contribution is -0.158. The quantitative estimate of drug-likeness (QED) is 0.429. The minimum atomic E-state index is -1.11. The molecule has 0 amide bonds. The van der Waals surface area contributed by atoms with Gasteiger partial charge in [-0.3, -0.25) is 9.59 Å². The fourth-order valence-electron chi connectivity index (χ4n) is 2.09. The van der Waals surface area contributed by atoms with E-state index in [4.69, 9.17) is 21.4 Å². The molecule has 4 nitrogen and oxygen atoms in total. The topological polar surface area (TPSA) is 63.6 Å². The molecule has 1 aromatic carbocycles. The number of carbonyl (C=O) groups excluding carboxylic acids is 1. The largest absolute Gasteiger partial charge is 0.481 e. The SMILES string of the molecule is CCOC(=O)C(CCCCCc1ccc(Cl)cc1)C(=O)O. The Morgan fingerprint density at radius 2 is 1.86 bits per heavy atom. The fraction of sp³-hybridized carbons (Fsp3) is 0.500. The van der Waals surface area contributed by atoms with Crippen molar-refractivity contribution < 1.29 is 19.4 Å². The molecular formula is C16H21ClO4. The first-order chi connectivity index (χ1) is 10.0. The molecule has 116 valence electrons. The van der Waals surface area contributed by atoms with Crippen LogP contribution in [0.15, 0.2) is 24.3 Å². The van der Waals surface area contributed by atoms with Crippen LogP contribution in [-0.2, 0) is 20.7 Å². The number of benzene rings is 1. The van der Waals surface area contributed by atoms with Gasteiger partial charge in [-0.1, -0.05) is 36.6 Å². The molecule has 0 heterocycles. The van der Waals surface area contributed by atoms with Gasteiger partial charge in [0.15, 0.2) is 5.92 Å². The minimum absolute atomic E-state index is 0.208. The van der Waals surface area contributed by atoms with Gasteiger partial charge in [-0.05, 0) is 43.9 Å². The lowest BCUT2D eigenvalue weighted by Crippen LogP contribution is -2.25. The number of hydrogen-bond acceptors (Lipinski definition) is 3. The van der Waals surface area contributed by atoms with Gasteiger partial charge in [-0.2, -0.15) is 0 Å². The number of carbonyl (C=O) groups is 2.